The first-order valence-electron chi connectivity index (χ1n) is 17.3. The van der Waals surface area contributed by atoms with E-state index in [0.29, 0.717) is 5.92 Å². The minimum Gasteiger partial charge on any atom is -0.135 e. The van der Waals surface area contributed by atoms with Crippen LogP contribution in [0.2, 0.25) is 0 Å². The van der Waals surface area contributed by atoms with E-state index >= 15 is 0 Å². The Morgan fingerprint density at radius 3 is 1.50 bits per heavy atom. The molecule has 2 heteroatoms. The molecular weight excluding hydrogens is 641 g/mol. The van der Waals surface area contributed by atoms with Crippen molar-refractivity contribution >= 4 is 63.0 Å². The van der Waals surface area contributed by atoms with Gasteiger partial charge in [0.15, 0.2) is 0 Å². The first-order valence-corrected chi connectivity index (χ1v) is 18.9. The molecule has 236 valence electrons. The number of rotatable bonds is 5. The van der Waals surface area contributed by atoms with Crippen molar-refractivity contribution in [3.05, 3.63) is 182 Å². The van der Waals surface area contributed by atoms with Crippen LogP contribution >= 0.6 is 22.7 Å². The molecule has 0 saturated heterocycles. The molecule has 1 unspecified atom stereocenters. The van der Waals surface area contributed by atoms with E-state index in [2.05, 4.69) is 176 Å². The molecule has 0 radical (unpaired) electrons. The smallest absolute Gasteiger partial charge is 0.0433 e. The molecule has 10 rings (SSSR count). The SMILES string of the molecule is C1=CCC(c2cc(-c3ccccc3)cc(-c3cc(-c4cccc5c4sc4ccccc45)cc(-c4cccc5c4sc4ccccc45)c3)c2)C=C1. The molecule has 0 N–H and O–H groups in total. The summed E-state index contributed by atoms with van der Waals surface area (Å²) in [5.74, 6) is 0.352. The largest absolute Gasteiger partial charge is 0.135 e. The summed E-state index contributed by atoms with van der Waals surface area (Å²) in [6.45, 7) is 0. The number of allylic oxidation sites excluding steroid dienone is 4. The third-order valence-electron chi connectivity index (χ3n) is 10.2. The van der Waals surface area contributed by atoms with Gasteiger partial charge in [0.05, 0.1) is 0 Å². The lowest BCUT2D eigenvalue weighted by Gasteiger charge is -2.18. The van der Waals surface area contributed by atoms with Gasteiger partial charge in [-0.3, -0.25) is 0 Å². The van der Waals surface area contributed by atoms with Gasteiger partial charge < -0.3 is 0 Å². The fraction of sp³-hybridized carbons (Fsp3) is 0.0417. The predicted molar refractivity (Wildman–Crippen MR) is 220 cm³/mol. The zero-order valence-electron chi connectivity index (χ0n) is 27.3. The van der Waals surface area contributed by atoms with E-state index in [1.54, 1.807) is 0 Å². The number of benzene rings is 7. The van der Waals surface area contributed by atoms with Gasteiger partial charge in [-0.05, 0) is 92.9 Å². The van der Waals surface area contributed by atoms with Crippen LogP contribution in [0.4, 0.5) is 0 Å². The van der Waals surface area contributed by atoms with Crippen molar-refractivity contribution in [2.24, 2.45) is 0 Å². The lowest BCUT2D eigenvalue weighted by Crippen LogP contribution is -1.98. The minimum atomic E-state index is 0.352. The van der Waals surface area contributed by atoms with Crippen LogP contribution in [0.5, 0.6) is 0 Å². The molecule has 1 aliphatic carbocycles. The Kier molecular flexibility index (Phi) is 7.11. The summed E-state index contributed by atoms with van der Waals surface area (Å²) in [5, 5.41) is 5.31. The topological polar surface area (TPSA) is 0 Å². The van der Waals surface area contributed by atoms with E-state index in [-0.39, 0.29) is 0 Å². The predicted octanol–water partition coefficient (Wildman–Crippen LogP) is 14.7. The van der Waals surface area contributed by atoms with Gasteiger partial charge in [-0.2, -0.15) is 0 Å². The van der Waals surface area contributed by atoms with Crippen LogP contribution in [0.1, 0.15) is 17.9 Å². The highest BCUT2D eigenvalue weighted by Gasteiger charge is 2.18. The van der Waals surface area contributed by atoms with Crippen molar-refractivity contribution in [3.63, 3.8) is 0 Å². The molecule has 1 aliphatic rings. The number of fused-ring (bicyclic) bond motifs is 6. The lowest BCUT2D eigenvalue weighted by atomic mass is 9.86. The molecule has 7 aromatic carbocycles. The standard InChI is InChI=1S/C48H32S2/c1-3-13-31(14-4-1)33-25-34(32-15-5-2-6-16-32)27-35(26-33)36-28-37(39-19-11-21-43-41-17-7-9-23-45(41)49-47(39)43)30-38(29-36)40-20-12-22-44-42-18-8-10-24-46(42)50-48(40)44/h1-15,17-30,32H,16H2. The first kappa shape index (κ1) is 29.4. The summed E-state index contributed by atoms with van der Waals surface area (Å²) in [5.41, 5.74) is 11.4. The van der Waals surface area contributed by atoms with Crippen LogP contribution in [0.25, 0.3) is 84.9 Å². The summed E-state index contributed by atoms with van der Waals surface area (Å²) in [6.07, 6.45) is 10.0. The number of hydrogen-bond acceptors (Lipinski definition) is 2. The van der Waals surface area contributed by atoms with Crippen molar-refractivity contribution in [3.8, 4) is 44.5 Å². The Labute approximate surface area is 299 Å². The Balaban J connectivity index is 1.25. The molecule has 0 bridgehead atoms. The first-order chi connectivity index (χ1) is 24.8. The lowest BCUT2D eigenvalue weighted by molar-refractivity contribution is 0.854. The Morgan fingerprint density at radius 1 is 0.400 bits per heavy atom. The Bertz CT molecular complexity index is 2660. The monoisotopic (exact) mass is 672 g/mol. The molecular formula is C48H32S2. The molecule has 0 amide bonds. The maximum atomic E-state index is 2.43. The maximum absolute atomic E-state index is 2.43. The third kappa shape index (κ3) is 5.03. The van der Waals surface area contributed by atoms with Crippen molar-refractivity contribution in [1.29, 1.82) is 0 Å². The Morgan fingerprint density at radius 2 is 0.900 bits per heavy atom. The van der Waals surface area contributed by atoms with Gasteiger partial charge in [-0.25, -0.2) is 0 Å². The molecule has 0 nitrogen and oxygen atoms in total. The van der Waals surface area contributed by atoms with Gasteiger partial charge in [0, 0.05) is 46.3 Å². The van der Waals surface area contributed by atoms with E-state index in [1.165, 1.54) is 90.4 Å². The molecule has 0 spiro atoms. The van der Waals surface area contributed by atoms with Crippen molar-refractivity contribution in [1.82, 2.24) is 0 Å². The molecule has 2 aromatic heterocycles. The second-order valence-electron chi connectivity index (χ2n) is 13.2. The van der Waals surface area contributed by atoms with E-state index < -0.39 is 0 Å². The quantitative estimate of drug-likeness (QED) is 0.171. The maximum Gasteiger partial charge on any atom is 0.0433 e. The summed E-state index contributed by atoms with van der Waals surface area (Å²) in [6, 6.07) is 56.6. The molecule has 50 heavy (non-hydrogen) atoms. The van der Waals surface area contributed by atoms with Crippen LogP contribution in [0.3, 0.4) is 0 Å². The highest BCUT2D eigenvalue weighted by molar-refractivity contribution is 7.26. The summed E-state index contributed by atoms with van der Waals surface area (Å²) in [4.78, 5) is 0. The van der Waals surface area contributed by atoms with Crippen LogP contribution in [0.15, 0.2) is 176 Å². The Hall–Kier alpha value is -5.54. The average Bonchev–Trinajstić information content (AvgIpc) is 3.77. The van der Waals surface area contributed by atoms with Crippen molar-refractivity contribution in [2.45, 2.75) is 12.3 Å². The molecule has 0 fully saturated rings. The van der Waals surface area contributed by atoms with Gasteiger partial charge in [-0.15, -0.1) is 22.7 Å². The van der Waals surface area contributed by atoms with Gasteiger partial charge >= 0.3 is 0 Å². The highest BCUT2D eigenvalue weighted by Crippen LogP contribution is 2.45. The van der Waals surface area contributed by atoms with Crippen LogP contribution in [-0.4, -0.2) is 0 Å². The number of thiophene rings is 2. The second-order valence-corrected chi connectivity index (χ2v) is 15.3. The molecule has 0 aliphatic heterocycles. The van der Waals surface area contributed by atoms with E-state index in [0.717, 1.165) is 6.42 Å². The molecule has 0 saturated carbocycles. The number of hydrogen-bond donors (Lipinski definition) is 0. The highest BCUT2D eigenvalue weighted by atomic mass is 32.1. The van der Waals surface area contributed by atoms with E-state index in [4.69, 9.17) is 0 Å². The normalized spacial score (nSPS) is 14.4. The van der Waals surface area contributed by atoms with Gasteiger partial charge in [-0.1, -0.05) is 140 Å². The average molecular weight is 673 g/mol. The zero-order chi connectivity index (χ0) is 33.0. The van der Waals surface area contributed by atoms with Crippen LogP contribution in [-0.2, 0) is 0 Å². The fourth-order valence-corrected chi connectivity index (χ4v) is 10.2. The van der Waals surface area contributed by atoms with E-state index in [1.807, 2.05) is 22.7 Å². The van der Waals surface area contributed by atoms with Gasteiger partial charge in [0.2, 0.25) is 0 Å². The second kappa shape index (κ2) is 12.1. The zero-order valence-corrected chi connectivity index (χ0v) is 29.0. The third-order valence-corrected chi connectivity index (χ3v) is 12.6. The van der Waals surface area contributed by atoms with Crippen LogP contribution in [0, 0.1) is 0 Å². The van der Waals surface area contributed by atoms with Crippen LogP contribution < -0.4 is 0 Å². The fourth-order valence-electron chi connectivity index (χ4n) is 7.71. The summed E-state index contributed by atoms with van der Waals surface area (Å²) < 4.78 is 5.34. The van der Waals surface area contributed by atoms with Gasteiger partial charge in [0.25, 0.3) is 0 Å². The summed E-state index contributed by atoms with van der Waals surface area (Å²) in [7, 11) is 0. The van der Waals surface area contributed by atoms with Crippen molar-refractivity contribution < 1.29 is 0 Å². The van der Waals surface area contributed by atoms with E-state index in [9.17, 15) is 0 Å². The minimum absolute atomic E-state index is 0.352. The van der Waals surface area contributed by atoms with Gasteiger partial charge in [0.1, 0.15) is 0 Å². The van der Waals surface area contributed by atoms with Crippen molar-refractivity contribution in [2.75, 3.05) is 0 Å². The molecule has 9 aromatic rings. The molecule has 1 atom stereocenters. The molecule has 2 heterocycles. The summed E-state index contributed by atoms with van der Waals surface area (Å²) >= 11 is 3.80.